The summed E-state index contributed by atoms with van der Waals surface area (Å²) in [4.78, 5) is 16.4. The molecule has 2 N–H and O–H groups in total. The zero-order valence-corrected chi connectivity index (χ0v) is 14.5. The number of hydrogen-bond donors (Lipinski definition) is 2. The fourth-order valence-electron chi connectivity index (χ4n) is 2.34. The number of aryl methyl sites for hydroxylation is 1. The van der Waals surface area contributed by atoms with Crippen molar-refractivity contribution in [3.05, 3.63) is 83.0 Å². The summed E-state index contributed by atoms with van der Waals surface area (Å²) in [6.45, 7) is 2.02. The molecule has 0 fully saturated rings. The Hall–Kier alpha value is -2.85. The average molecular weight is 352 g/mol. The number of hydrogen-bond acceptors (Lipinski definition) is 3. The summed E-state index contributed by atoms with van der Waals surface area (Å²) in [5, 5.41) is 6.62. The number of benzene rings is 2. The molecule has 0 bridgehead atoms. The van der Waals surface area contributed by atoms with Crippen LogP contribution >= 0.6 is 11.6 Å². The Labute approximate surface area is 151 Å². The molecule has 4 nitrogen and oxygen atoms in total. The minimum Gasteiger partial charge on any atom is -0.339 e. The normalized spacial score (nSPS) is 10.3. The third kappa shape index (κ3) is 4.81. The molecule has 3 rings (SSSR count). The molecular weight excluding hydrogens is 334 g/mol. The highest BCUT2D eigenvalue weighted by Crippen LogP contribution is 2.24. The number of rotatable bonds is 5. The van der Waals surface area contributed by atoms with Crippen molar-refractivity contribution in [1.29, 1.82) is 0 Å². The number of pyridine rings is 1. The number of para-hydroxylation sites is 1. The van der Waals surface area contributed by atoms with E-state index in [1.165, 1.54) is 5.56 Å². The monoisotopic (exact) mass is 351 g/mol. The summed E-state index contributed by atoms with van der Waals surface area (Å²) >= 11 is 6.11. The molecule has 2 aromatic carbocycles. The van der Waals surface area contributed by atoms with E-state index in [0.717, 1.165) is 11.3 Å². The van der Waals surface area contributed by atoms with Gasteiger partial charge in [-0.15, -0.1) is 0 Å². The number of aromatic nitrogens is 1. The molecule has 0 aliphatic heterocycles. The maximum Gasteiger partial charge on any atom is 0.228 e. The summed E-state index contributed by atoms with van der Waals surface area (Å²) in [7, 11) is 0. The van der Waals surface area contributed by atoms with E-state index in [1.54, 1.807) is 18.3 Å². The van der Waals surface area contributed by atoms with Crippen LogP contribution in [0.4, 0.5) is 17.2 Å². The lowest BCUT2D eigenvalue weighted by Gasteiger charge is -2.09. The van der Waals surface area contributed by atoms with Gasteiger partial charge in [-0.3, -0.25) is 4.79 Å². The molecule has 1 aromatic heterocycles. The van der Waals surface area contributed by atoms with Gasteiger partial charge in [-0.1, -0.05) is 53.6 Å². The molecule has 0 aliphatic rings. The van der Waals surface area contributed by atoms with Gasteiger partial charge >= 0.3 is 0 Å². The van der Waals surface area contributed by atoms with Crippen LogP contribution in [0.5, 0.6) is 0 Å². The largest absolute Gasteiger partial charge is 0.339 e. The molecule has 0 atom stereocenters. The summed E-state index contributed by atoms with van der Waals surface area (Å²) in [5.41, 5.74) is 3.60. The van der Waals surface area contributed by atoms with E-state index < -0.39 is 0 Å². The minimum atomic E-state index is -0.0718. The Balaban J connectivity index is 1.59. The van der Waals surface area contributed by atoms with E-state index in [1.807, 2.05) is 55.5 Å². The second-order valence-electron chi connectivity index (χ2n) is 5.75. The first-order valence-corrected chi connectivity index (χ1v) is 8.31. The summed E-state index contributed by atoms with van der Waals surface area (Å²) in [6.07, 6.45) is 1.95. The van der Waals surface area contributed by atoms with Crippen molar-refractivity contribution in [3.63, 3.8) is 0 Å². The van der Waals surface area contributed by atoms with Crippen LogP contribution in [0, 0.1) is 6.92 Å². The van der Waals surface area contributed by atoms with E-state index >= 15 is 0 Å². The Morgan fingerprint density at radius 2 is 1.80 bits per heavy atom. The van der Waals surface area contributed by atoms with E-state index in [0.29, 0.717) is 22.9 Å². The maximum absolute atomic E-state index is 12.1. The molecule has 5 heteroatoms. The van der Waals surface area contributed by atoms with E-state index in [2.05, 4.69) is 15.6 Å². The van der Waals surface area contributed by atoms with Crippen molar-refractivity contribution in [2.24, 2.45) is 0 Å². The van der Waals surface area contributed by atoms with E-state index in [4.69, 9.17) is 11.6 Å². The molecular formula is C20H18ClN3O. The summed E-state index contributed by atoms with van der Waals surface area (Å²) < 4.78 is 0. The number of anilines is 3. The number of nitrogens with zero attached hydrogens (tertiary/aromatic N) is 1. The highest BCUT2D eigenvalue weighted by Gasteiger charge is 2.05. The van der Waals surface area contributed by atoms with Crippen LogP contribution in [-0.2, 0) is 11.2 Å². The summed E-state index contributed by atoms with van der Waals surface area (Å²) in [5.74, 6) is 0.585. The van der Waals surface area contributed by atoms with E-state index in [-0.39, 0.29) is 5.91 Å². The lowest BCUT2D eigenvalue weighted by molar-refractivity contribution is -0.115. The van der Waals surface area contributed by atoms with Crippen LogP contribution in [0.1, 0.15) is 11.1 Å². The van der Waals surface area contributed by atoms with Gasteiger partial charge < -0.3 is 10.6 Å². The molecule has 0 radical (unpaired) electrons. The molecule has 0 saturated carbocycles. The van der Waals surface area contributed by atoms with Crippen molar-refractivity contribution in [3.8, 4) is 0 Å². The molecule has 126 valence electrons. The number of halogens is 1. The zero-order chi connectivity index (χ0) is 17.6. The Kier molecular flexibility index (Phi) is 5.31. The molecule has 1 amide bonds. The van der Waals surface area contributed by atoms with Gasteiger partial charge in [0, 0.05) is 0 Å². The fourth-order valence-corrected chi connectivity index (χ4v) is 2.52. The SMILES string of the molecule is Cc1ccc(CC(=O)Nc2ccc(Nc3ccccc3Cl)nc2)cc1. The van der Waals surface area contributed by atoms with Crippen molar-refractivity contribution in [2.75, 3.05) is 10.6 Å². The molecule has 3 aromatic rings. The first-order valence-electron chi connectivity index (χ1n) is 7.93. The minimum absolute atomic E-state index is 0.0718. The van der Waals surface area contributed by atoms with Crippen molar-refractivity contribution < 1.29 is 4.79 Å². The Morgan fingerprint density at radius 3 is 2.48 bits per heavy atom. The molecule has 0 unspecified atom stereocenters. The highest BCUT2D eigenvalue weighted by atomic mass is 35.5. The van der Waals surface area contributed by atoms with Gasteiger partial charge in [0.05, 0.1) is 29.0 Å². The van der Waals surface area contributed by atoms with Gasteiger partial charge in [-0.2, -0.15) is 0 Å². The topological polar surface area (TPSA) is 54.0 Å². The van der Waals surface area contributed by atoms with Gasteiger partial charge in [0.1, 0.15) is 5.82 Å². The average Bonchev–Trinajstić information content (AvgIpc) is 2.61. The third-order valence-electron chi connectivity index (χ3n) is 3.67. The smallest absolute Gasteiger partial charge is 0.228 e. The van der Waals surface area contributed by atoms with Gasteiger partial charge in [-0.05, 0) is 36.8 Å². The van der Waals surface area contributed by atoms with Crippen LogP contribution in [0.3, 0.4) is 0 Å². The number of carbonyl (C=O) groups excluding carboxylic acids is 1. The van der Waals surface area contributed by atoms with Gasteiger partial charge in [0.15, 0.2) is 0 Å². The van der Waals surface area contributed by atoms with Gasteiger partial charge in [-0.25, -0.2) is 4.98 Å². The summed E-state index contributed by atoms with van der Waals surface area (Å²) in [6, 6.07) is 19.0. The zero-order valence-electron chi connectivity index (χ0n) is 13.8. The van der Waals surface area contributed by atoms with Crippen LogP contribution in [-0.4, -0.2) is 10.9 Å². The van der Waals surface area contributed by atoms with Crippen LogP contribution in [0.2, 0.25) is 5.02 Å². The first-order chi connectivity index (χ1) is 12.1. The fraction of sp³-hybridized carbons (Fsp3) is 0.100. The lowest BCUT2D eigenvalue weighted by atomic mass is 10.1. The van der Waals surface area contributed by atoms with Crippen LogP contribution < -0.4 is 10.6 Å². The lowest BCUT2D eigenvalue weighted by Crippen LogP contribution is -2.14. The molecule has 0 aliphatic carbocycles. The maximum atomic E-state index is 12.1. The molecule has 0 spiro atoms. The van der Waals surface area contributed by atoms with Crippen molar-refractivity contribution in [1.82, 2.24) is 4.98 Å². The van der Waals surface area contributed by atoms with Gasteiger partial charge in [0.2, 0.25) is 5.91 Å². The van der Waals surface area contributed by atoms with Crippen molar-refractivity contribution in [2.45, 2.75) is 13.3 Å². The Bertz CT molecular complexity index is 861. The van der Waals surface area contributed by atoms with Crippen LogP contribution in [0.15, 0.2) is 66.9 Å². The number of carbonyl (C=O) groups is 1. The van der Waals surface area contributed by atoms with Gasteiger partial charge in [0.25, 0.3) is 0 Å². The number of nitrogens with one attached hydrogen (secondary N) is 2. The predicted molar refractivity (Wildman–Crippen MR) is 102 cm³/mol. The molecule has 0 saturated heterocycles. The van der Waals surface area contributed by atoms with Crippen LogP contribution in [0.25, 0.3) is 0 Å². The second-order valence-corrected chi connectivity index (χ2v) is 6.15. The van der Waals surface area contributed by atoms with Crippen molar-refractivity contribution >= 4 is 34.7 Å². The predicted octanol–water partition coefficient (Wildman–Crippen LogP) is 4.97. The van der Waals surface area contributed by atoms with E-state index in [9.17, 15) is 4.79 Å². The third-order valence-corrected chi connectivity index (χ3v) is 4.00. The standard InChI is InChI=1S/C20H18ClN3O/c1-14-6-8-15(9-7-14)12-20(25)23-16-10-11-19(22-13-16)24-18-5-3-2-4-17(18)21/h2-11,13H,12H2,1H3,(H,22,24)(H,23,25). The number of amides is 1. The first kappa shape index (κ1) is 17.0. The molecule has 25 heavy (non-hydrogen) atoms. The Morgan fingerprint density at radius 1 is 1.04 bits per heavy atom. The quantitative estimate of drug-likeness (QED) is 0.682. The highest BCUT2D eigenvalue weighted by molar-refractivity contribution is 6.33. The second kappa shape index (κ2) is 7.81. The molecule has 1 heterocycles.